The van der Waals surface area contributed by atoms with Crippen LogP contribution in [0, 0.1) is 6.92 Å². The van der Waals surface area contributed by atoms with Crippen molar-refractivity contribution in [2.45, 2.75) is 13.5 Å². The van der Waals surface area contributed by atoms with Crippen LogP contribution in [-0.4, -0.2) is 37.2 Å². The number of benzene rings is 3. The summed E-state index contributed by atoms with van der Waals surface area (Å²) in [5, 5.41) is 12.7. The highest BCUT2D eigenvalue weighted by Crippen LogP contribution is 2.32. The Morgan fingerprint density at radius 3 is 2.62 bits per heavy atom. The van der Waals surface area contributed by atoms with E-state index in [0.29, 0.717) is 42.4 Å². The Bertz CT molecular complexity index is 1170. The van der Waals surface area contributed by atoms with E-state index in [1.165, 1.54) is 6.07 Å². The first kappa shape index (κ1) is 21.2. The predicted octanol–water partition coefficient (Wildman–Crippen LogP) is 4.35. The molecule has 3 aromatic carbocycles. The number of aryl methyl sites for hydroxylation is 1. The molecular formula is C25H24N2O5. The summed E-state index contributed by atoms with van der Waals surface area (Å²) in [6.07, 6.45) is 0. The number of methoxy groups -OCH3 is 1. The average molecular weight is 432 g/mol. The molecule has 32 heavy (non-hydrogen) atoms. The maximum absolute atomic E-state index is 12.6. The van der Waals surface area contributed by atoms with Crippen molar-refractivity contribution in [3.63, 3.8) is 0 Å². The van der Waals surface area contributed by atoms with Crippen molar-refractivity contribution in [3.05, 3.63) is 82.9 Å². The molecule has 7 heteroatoms. The van der Waals surface area contributed by atoms with Crippen LogP contribution in [0.25, 0.3) is 0 Å². The van der Waals surface area contributed by atoms with E-state index in [2.05, 4.69) is 5.32 Å². The summed E-state index contributed by atoms with van der Waals surface area (Å²) >= 11 is 0. The molecule has 2 N–H and O–H groups in total. The van der Waals surface area contributed by atoms with Gasteiger partial charge in [0.05, 0.1) is 24.9 Å². The Balaban J connectivity index is 1.61. The molecule has 4 rings (SSSR count). The molecule has 1 aliphatic heterocycles. The molecule has 0 radical (unpaired) electrons. The molecule has 0 saturated carbocycles. The minimum Gasteiger partial charge on any atom is -0.497 e. The van der Waals surface area contributed by atoms with Gasteiger partial charge in [-0.15, -0.1) is 0 Å². The lowest BCUT2D eigenvalue weighted by Crippen LogP contribution is -2.27. The number of amides is 1. The van der Waals surface area contributed by atoms with Gasteiger partial charge in [-0.3, -0.25) is 4.79 Å². The molecule has 7 nitrogen and oxygen atoms in total. The maximum atomic E-state index is 12.6. The molecule has 0 saturated heterocycles. The third-order valence-corrected chi connectivity index (χ3v) is 5.47. The van der Waals surface area contributed by atoms with E-state index in [0.717, 1.165) is 16.9 Å². The molecule has 3 aromatic rings. The van der Waals surface area contributed by atoms with Crippen LogP contribution in [0.5, 0.6) is 11.5 Å². The molecule has 0 bridgehead atoms. The summed E-state index contributed by atoms with van der Waals surface area (Å²) in [4.78, 5) is 26.7. The number of nitrogens with one attached hydrogen (secondary N) is 1. The lowest BCUT2D eigenvalue weighted by Gasteiger charge is -2.24. The van der Waals surface area contributed by atoms with Gasteiger partial charge in [0.2, 0.25) is 0 Å². The summed E-state index contributed by atoms with van der Waals surface area (Å²) in [7, 11) is 1.60. The van der Waals surface area contributed by atoms with E-state index in [-0.39, 0.29) is 11.5 Å². The molecule has 1 amide bonds. The quantitative estimate of drug-likeness (QED) is 0.623. The van der Waals surface area contributed by atoms with E-state index in [1.807, 2.05) is 42.2 Å². The maximum Gasteiger partial charge on any atom is 0.337 e. The second-order valence-corrected chi connectivity index (χ2v) is 7.55. The largest absolute Gasteiger partial charge is 0.497 e. The van der Waals surface area contributed by atoms with Crippen molar-refractivity contribution < 1.29 is 24.2 Å². The fourth-order valence-corrected chi connectivity index (χ4v) is 3.77. The molecule has 0 aromatic heterocycles. The standard InChI is InChI=1S/C25H24N2O5/c1-16-5-3-4-6-20(16)24(28)26-18-8-10-22(21(13-18)25(29)30)27-11-12-32-23-14-19(31-2)9-7-17(23)15-27/h3-10,13-14H,11-12,15H2,1-2H3,(H,26,28)(H,29,30). The van der Waals surface area contributed by atoms with Crippen LogP contribution in [0.2, 0.25) is 0 Å². The van der Waals surface area contributed by atoms with Crippen LogP contribution in [-0.2, 0) is 6.54 Å². The van der Waals surface area contributed by atoms with Crippen LogP contribution >= 0.6 is 0 Å². The molecular weight excluding hydrogens is 408 g/mol. The Morgan fingerprint density at radius 2 is 1.88 bits per heavy atom. The number of carbonyl (C=O) groups excluding carboxylic acids is 1. The first-order valence-electron chi connectivity index (χ1n) is 10.3. The van der Waals surface area contributed by atoms with Gasteiger partial charge in [-0.05, 0) is 48.9 Å². The minimum atomic E-state index is -1.06. The van der Waals surface area contributed by atoms with Crippen LogP contribution in [0.3, 0.4) is 0 Å². The van der Waals surface area contributed by atoms with Crippen LogP contribution in [0.15, 0.2) is 60.7 Å². The molecule has 164 valence electrons. The van der Waals surface area contributed by atoms with Crippen molar-refractivity contribution >= 4 is 23.3 Å². The van der Waals surface area contributed by atoms with Crippen molar-refractivity contribution in [1.29, 1.82) is 0 Å². The number of carboxylic acid groups (broad SMARTS) is 1. The van der Waals surface area contributed by atoms with E-state index < -0.39 is 5.97 Å². The number of hydrogen-bond acceptors (Lipinski definition) is 5. The van der Waals surface area contributed by atoms with Crippen LogP contribution in [0.1, 0.15) is 31.8 Å². The highest BCUT2D eigenvalue weighted by Gasteiger charge is 2.22. The molecule has 1 heterocycles. The van der Waals surface area contributed by atoms with Crippen molar-refractivity contribution in [2.24, 2.45) is 0 Å². The van der Waals surface area contributed by atoms with Crippen LogP contribution in [0.4, 0.5) is 11.4 Å². The van der Waals surface area contributed by atoms with E-state index in [9.17, 15) is 14.7 Å². The number of ether oxygens (including phenoxy) is 2. The second kappa shape index (κ2) is 9.01. The van der Waals surface area contributed by atoms with Gasteiger partial charge in [0, 0.05) is 29.4 Å². The summed E-state index contributed by atoms with van der Waals surface area (Å²) in [6.45, 7) is 3.28. The third-order valence-electron chi connectivity index (χ3n) is 5.47. The van der Waals surface area contributed by atoms with Gasteiger partial charge in [0.1, 0.15) is 18.1 Å². The SMILES string of the molecule is COc1ccc2c(c1)OCCN(c1ccc(NC(=O)c3ccccc3C)cc1C(=O)O)C2. The molecule has 0 aliphatic carbocycles. The minimum absolute atomic E-state index is 0.115. The monoisotopic (exact) mass is 432 g/mol. The smallest absolute Gasteiger partial charge is 0.337 e. The summed E-state index contributed by atoms with van der Waals surface area (Å²) < 4.78 is 11.1. The Morgan fingerprint density at radius 1 is 1.06 bits per heavy atom. The number of aromatic carboxylic acids is 1. The zero-order valence-electron chi connectivity index (χ0n) is 17.9. The van der Waals surface area contributed by atoms with Crippen LogP contribution < -0.4 is 19.7 Å². The zero-order chi connectivity index (χ0) is 22.7. The third kappa shape index (κ3) is 4.37. The Kier molecular flexibility index (Phi) is 5.98. The van der Waals surface area contributed by atoms with E-state index >= 15 is 0 Å². The van der Waals surface area contributed by atoms with Crippen molar-refractivity contribution in [2.75, 3.05) is 30.5 Å². The lowest BCUT2D eigenvalue weighted by atomic mass is 10.1. The predicted molar refractivity (Wildman–Crippen MR) is 122 cm³/mol. The lowest BCUT2D eigenvalue weighted by molar-refractivity contribution is 0.0697. The normalized spacial score (nSPS) is 12.9. The number of anilines is 2. The van der Waals surface area contributed by atoms with E-state index in [1.54, 1.807) is 31.4 Å². The number of fused-ring (bicyclic) bond motifs is 1. The first-order chi connectivity index (χ1) is 15.5. The van der Waals surface area contributed by atoms with Gasteiger partial charge < -0.3 is 24.8 Å². The van der Waals surface area contributed by atoms with Gasteiger partial charge in [-0.25, -0.2) is 4.79 Å². The second-order valence-electron chi connectivity index (χ2n) is 7.55. The van der Waals surface area contributed by atoms with Gasteiger partial charge in [0.25, 0.3) is 5.91 Å². The number of nitrogens with zero attached hydrogens (tertiary/aromatic N) is 1. The van der Waals surface area contributed by atoms with Gasteiger partial charge in [-0.2, -0.15) is 0 Å². The van der Waals surface area contributed by atoms with Gasteiger partial charge in [0.15, 0.2) is 0 Å². The average Bonchev–Trinajstić information content (AvgIpc) is 3.01. The Hall–Kier alpha value is -4.00. The summed E-state index contributed by atoms with van der Waals surface area (Å²) in [5.41, 5.74) is 3.44. The molecule has 0 spiro atoms. The van der Waals surface area contributed by atoms with Gasteiger partial charge >= 0.3 is 5.97 Å². The van der Waals surface area contributed by atoms with Crippen molar-refractivity contribution in [1.82, 2.24) is 0 Å². The summed E-state index contributed by atoms with van der Waals surface area (Å²) in [6, 6.07) is 17.8. The molecule has 1 aliphatic rings. The highest BCUT2D eigenvalue weighted by molar-refractivity contribution is 6.06. The summed E-state index contributed by atoms with van der Waals surface area (Å²) in [5.74, 6) is 0.0911. The fraction of sp³-hybridized carbons (Fsp3) is 0.200. The molecule has 0 unspecified atom stereocenters. The molecule has 0 fully saturated rings. The number of rotatable bonds is 5. The number of carboxylic acids is 1. The first-order valence-corrected chi connectivity index (χ1v) is 10.3. The van der Waals surface area contributed by atoms with E-state index in [4.69, 9.17) is 9.47 Å². The fourth-order valence-electron chi connectivity index (χ4n) is 3.77. The number of carbonyl (C=O) groups is 2. The molecule has 0 atom stereocenters. The van der Waals surface area contributed by atoms with Gasteiger partial charge in [-0.1, -0.05) is 18.2 Å². The van der Waals surface area contributed by atoms with Crippen molar-refractivity contribution in [3.8, 4) is 11.5 Å². The highest BCUT2D eigenvalue weighted by atomic mass is 16.5. The number of hydrogen-bond donors (Lipinski definition) is 2. The topological polar surface area (TPSA) is 88.1 Å². The zero-order valence-corrected chi connectivity index (χ0v) is 17.9. The Labute approximate surface area is 186 Å².